The average molecular weight is 322 g/mol. The number of halogens is 2. The van der Waals surface area contributed by atoms with Gasteiger partial charge in [0.1, 0.15) is 5.75 Å². The Bertz CT molecular complexity index is 429. The highest BCUT2D eigenvalue weighted by molar-refractivity contribution is 5.85. The Morgan fingerprint density at radius 2 is 2.10 bits per heavy atom. The normalized spacial score (nSPS) is 18.3. The summed E-state index contributed by atoms with van der Waals surface area (Å²) in [6.45, 7) is 8.03. The molecule has 0 aromatic carbocycles. The maximum absolute atomic E-state index is 5.72. The van der Waals surface area contributed by atoms with E-state index in [4.69, 9.17) is 10.5 Å². The first-order chi connectivity index (χ1) is 8.65. The molecule has 1 aliphatic rings. The van der Waals surface area contributed by atoms with Gasteiger partial charge >= 0.3 is 0 Å². The number of likely N-dealkylation sites (tertiary alicyclic amines) is 1. The third-order valence-electron chi connectivity index (χ3n) is 3.83. The van der Waals surface area contributed by atoms with Crippen LogP contribution in [0.3, 0.4) is 0 Å². The highest BCUT2D eigenvalue weighted by Gasteiger charge is 2.22. The van der Waals surface area contributed by atoms with E-state index in [1.54, 1.807) is 7.11 Å². The van der Waals surface area contributed by atoms with Crippen LogP contribution < -0.4 is 10.5 Å². The van der Waals surface area contributed by atoms with Gasteiger partial charge in [0, 0.05) is 30.4 Å². The summed E-state index contributed by atoms with van der Waals surface area (Å²) in [6.07, 6.45) is 3.11. The molecule has 116 valence electrons. The summed E-state index contributed by atoms with van der Waals surface area (Å²) in [5, 5.41) is 0. The van der Waals surface area contributed by atoms with E-state index in [1.807, 2.05) is 13.1 Å². The smallest absolute Gasteiger partial charge is 0.128 e. The first-order valence-corrected chi connectivity index (χ1v) is 6.57. The number of methoxy groups -OCH3 is 1. The van der Waals surface area contributed by atoms with E-state index in [0.717, 1.165) is 48.7 Å². The molecule has 2 rings (SSSR count). The first kappa shape index (κ1) is 19.4. The molecule has 2 heterocycles. The highest BCUT2D eigenvalue weighted by Crippen LogP contribution is 2.26. The Morgan fingerprint density at radius 1 is 1.40 bits per heavy atom. The van der Waals surface area contributed by atoms with Crippen molar-refractivity contribution in [1.29, 1.82) is 0 Å². The second-order valence-corrected chi connectivity index (χ2v) is 5.17. The maximum Gasteiger partial charge on any atom is 0.128 e. The number of nitrogens with zero attached hydrogens (tertiary/aromatic N) is 2. The summed E-state index contributed by atoms with van der Waals surface area (Å²) < 4.78 is 5.44. The molecule has 1 saturated heterocycles. The zero-order valence-electron chi connectivity index (χ0n) is 12.4. The molecule has 1 aliphatic heterocycles. The number of pyridine rings is 1. The van der Waals surface area contributed by atoms with Crippen LogP contribution in [-0.2, 0) is 6.54 Å². The Labute approximate surface area is 133 Å². The van der Waals surface area contributed by atoms with E-state index in [1.165, 1.54) is 6.42 Å². The maximum atomic E-state index is 5.72. The van der Waals surface area contributed by atoms with Crippen LogP contribution in [0.2, 0.25) is 0 Å². The number of ether oxygens (including phenoxy) is 1. The zero-order valence-corrected chi connectivity index (χ0v) is 14.0. The van der Waals surface area contributed by atoms with Crippen molar-refractivity contribution in [3.63, 3.8) is 0 Å². The van der Waals surface area contributed by atoms with Crippen LogP contribution in [0.1, 0.15) is 23.2 Å². The fourth-order valence-corrected chi connectivity index (χ4v) is 2.69. The lowest BCUT2D eigenvalue weighted by Crippen LogP contribution is -2.23. The standard InChI is InChI=1S/C14H23N3O.2ClH/c1-10-7-16-13(11(2)14(10)18-3)9-17-5-4-12(6-15)8-17;;/h7,12H,4-6,8-9,15H2,1-3H3;2*1H. The third kappa shape index (κ3) is 4.22. The van der Waals surface area contributed by atoms with Gasteiger partial charge in [0.15, 0.2) is 0 Å². The van der Waals surface area contributed by atoms with Gasteiger partial charge in [0.2, 0.25) is 0 Å². The van der Waals surface area contributed by atoms with Gasteiger partial charge < -0.3 is 10.5 Å². The quantitative estimate of drug-likeness (QED) is 0.924. The molecule has 20 heavy (non-hydrogen) atoms. The van der Waals surface area contributed by atoms with Crippen molar-refractivity contribution < 1.29 is 4.74 Å². The van der Waals surface area contributed by atoms with Gasteiger partial charge in [-0.1, -0.05) is 0 Å². The lowest BCUT2D eigenvalue weighted by molar-refractivity contribution is 0.312. The lowest BCUT2D eigenvalue weighted by Gasteiger charge is -2.18. The lowest BCUT2D eigenvalue weighted by atomic mass is 10.1. The van der Waals surface area contributed by atoms with Gasteiger partial charge in [0.05, 0.1) is 12.8 Å². The molecule has 0 amide bonds. The van der Waals surface area contributed by atoms with Crippen molar-refractivity contribution in [2.75, 3.05) is 26.7 Å². The Hall–Kier alpha value is -0.550. The fourth-order valence-electron chi connectivity index (χ4n) is 2.69. The van der Waals surface area contributed by atoms with Crippen LogP contribution in [0.4, 0.5) is 0 Å². The van der Waals surface area contributed by atoms with Crippen molar-refractivity contribution in [2.24, 2.45) is 11.7 Å². The predicted molar refractivity (Wildman–Crippen MR) is 87.2 cm³/mol. The van der Waals surface area contributed by atoms with Crippen LogP contribution in [-0.4, -0.2) is 36.6 Å². The van der Waals surface area contributed by atoms with E-state index in [-0.39, 0.29) is 24.8 Å². The van der Waals surface area contributed by atoms with E-state index in [2.05, 4.69) is 16.8 Å². The van der Waals surface area contributed by atoms with Crippen LogP contribution >= 0.6 is 24.8 Å². The summed E-state index contributed by atoms with van der Waals surface area (Å²) in [4.78, 5) is 6.98. The minimum absolute atomic E-state index is 0. The van der Waals surface area contributed by atoms with Crippen molar-refractivity contribution in [1.82, 2.24) is 9.88 Å². The number of hydrogen-bond acceptors (Lipinski definition) is 4. The molecule has 0 aliphatic carbocycles. The van der Waals surface area contributed by atoms with Crippen molar-refractivity contribution in [2.45, 2.75) is 26.8 Å². The molecule has 4 nitrogen and oxygen atoms in total. The summed E-state index contributed by atoms with van der Waals surface area (Å²) in [6, 6.07) is 0. The highest BCUT2D eigenvalue weighted by atomic mass is 35.5. The number of aromatic nitrogens is 1. The second-order valence-electron chi connectivity index (χ2n) is 5.17. The molecule has 1 fully saturated rings. The fraction of sp³-hybridized carbons (Fsp3) is 0.643. The van der Waals surface area contributed by atoms with Crippen LogP contribution in [0.5, 0.6) is 5.75 Å². The molecule has 0 bridgehead atoms. The summed E-state index contributed by atoms with van der Waals surface area (Å²) in [5.74, 6) is 1.62. The molecule has 0 saturated carbocycles. The largest absolute Gasteiger partial charge is 0.496 e. The van der Waals surface area contributed by atoms with E-state index < -0.39 is 0 Å². The monoisotopic (exact) mass is 321 g/mol. The van der Waals surface area contributed by atoms with Gasteiger partial charge in [-0.25, -0.2) is 0 Å². The van der Waals surface area contributed by atoms with Gasteiger partial charge in [-0.15, -0.1) is 24.8 Å². The minimum atomic E-state index is 0. The van der Waals surface area contributed by atoms with Crippen molar-refractivity contribution >= 4 is 24.8 Å². The first-order valence-electron chi connectivity index (χ1n) is 6.57. The predicted octanol–water partition coefficient (Wildman–Crippen LogP) is 2.33. The Balaban J connectivity index is 0.00000180. The molecule has 0 radical (unpaired) electrons. The Morgan fingerprint density at radius 3 is 2.65 bits per heavy atom. The molecule has 1 aromatic heterocycles. The van der Waals surface area contributed by atoms with E-state index in [0.29, 0.717) is 5.92 Å². The van der Waals surface area contributed by atoms with E-state index >= 15 is 0 Å². The van der Waals surface area contributed by atoms with Crippen molar-refractivity contribution in [3.05, 3.63) is 23.0 Å². The van der Waals surface area contributed by atoms with Crippen LogP contribution in [0.15, 0.2) is 6.20 Å². The second kappa shape index (κ2) is 8.67. The molecular formula is C14H25Cl2N3O. The Kier molecular flexibility index (Phi) is 8.44. The number of rotatable bonds is 4. The van der Waals surface area contributed by atoms with Gasteiger partial charge in [-0.2, -0.15) is 0 Å². The third-order valence-corrected chi connectivity index (χ3v) is 3.83. The van der Waals surface area contributed by atoms with Gasteiger partial charge in [-0.05, 0) is 39.3 Å². The molecule has 1 unspecified atom stereocenters. The SMILES string of the molecule is COc1c(C)cnc(CN2CCC(CN)C2)c1C.Cl.Cl. The number of hydrogen-bond donors (Lipinski definition) is 1. The molecule has 2 N–H and O–H groups in total. The van der Waals surface area contributed by atoms with Gasteiger partial charge in [-0.3, -0.25) is 9.88 Å². The van der Waals surface area contributed by atoms with Crippen LogP contribution in [0, 0.1) is 19.8 Å². The summed E-state index contributed by atoms with van der Waals surface area (Å²) in [7, 11) is 1.72. The minimum Gasteiger partial charge on any atom is -0.496 e. The summed E-state index contributed by atoms with van der Waals surface area (Å²) >= 11 is 0. The molecule has 0 spiro atoms. The number of aryl methyl sites for hydroxylation is 1. The van der Waals surface area contributed by atoms with Crippen LogP contribution in [0.25, 0.3) is 0 Å². The summed E-state index contributed by atoms with van der Waals surface area (Å²) in [5.41, 5.74) is 9.10. The van der Waals surface area contributed by atoms with E-state index in [9.17, 15) is 0 Å². The molecule has 1 aromatic rings. The molecule has 1 atom stereocenters. The zero-order chi connectivity index (χ0) is 13.1. The topological polar surface area (TPSA) is 51.4 Å². The van der Waals surface area contributed by atoms with Gasteiger partial charge in [0.25, 0.3) is 0 Å². The number of nitrogens with two attached hydrogens (primary N) is 1. The molecular weight excluding hydrogens is 297 g/mol. The average Bonchev–Trinajstić information content (AvgIpc) is 2.81. The van der Waals surface area contributed by atoms with Crippen molar-refractivity contribution in [3.8, 4) is 5.75 Å². The molecule has 6 heteroatoms.